The lowest BCUT2D eigenvalue weighted by atomic mass is 9.97. The number of aliphatic hydroxyl groups is 1. The van der Waals surface area contributed by atoms with Crippen LogP contribution in [0.5, 0.6) is 0 Å². The summed E-state index contributed by atoms with van der Waals surface area (Å²) in [6, 6.07) is 0. The topological polar surface area (TPSA) is 59.3 Å². The van der Waals surface area contributed by atoms with Crippen LogP contribution in [0.15, 0.2) is 12.4 Å². The molecule has 2 atom stereocenters. The molecule has 5 heteroatoms. The zero-order valence-electron chi connectivity index (χ0n) is 12.3. The maximum atomic E-state index is 10.4. The van der Waals surface area contributed by atoms with E-state index in [4.69, 9.17) is 4.74 Å². The molecule has 1 aliphatic heterocycles. The van der Waals surface area contributed by atoms with Gasteiger partial charge in [-0.05, 0) is 27.7 Å². The number of aromatic nitrogens is 2. The maximum absolute atomic E-state index is 10.4. The molecule has 0 aliphatic carbocycles. The van der Waals surface area contributed by atoms with E-state index in [1.54, 1.807) is 0 Å². The quantitative estimate of drug-likeness (QED) is 0.862. The molecule has 1 saturated heterocycles. The predicted octanol–water partition coefficient (Wildman–Crippen LogP) is 1.27. The minimum atomic E-state index is -0.736. The molecule has 2 rings (SSSR count). The van der Waals surface area contributed by atoms with Crippen LogP contribution >= 0.6 is 0 Å². The molecule has 0 amide bonds. The molecule has 0 radical (unpaired) electrons. The summed E-state index contributed by atoms with van der Waals surface area (Å²) in [6.45, 7) is 10.2. The van der Waals surface area contributed by atoms with Crippen LogP contribution in [0, 0.1) is 0 Å². The highest BCUT2D eigenvalue weighted by atomic mass is 16.5. The SMILES string of the molecule is CC1OCCC1(O)CNCc1cnn(C(C)(C)C)c1. The molecule has 108 valence electrons. The molecule has 2 heterocycles. The van der Waals surface area contributed by atoms with Crippen molar-refractivity contribution in [2.45, 2.75) is 57.9 Å². The van der Waals surface area contributed by atoms with Crippen LogP contribution in [-0.2, 0) is 16.8 Å². The van der Waals surface area contributed by atoms with Crippen molar-refractivity contribution in [1.82, 2.24) is 15.1 Å². The first-order chi connectivity index (χ1) is 8.81. The third-order valence-corrected chi connectivity index (χ3v) is 3.74. The molecule has 0 saturated carbocycles. The molecular formula is C14H25N3O2. The summed E-state index contributed by atoms with van der Waals surface area (Å²) in [7, 11) is 0. The van der Waals surface area contributed by atoms with E-state index < -0.39 is 5.60 Å². The van der Waals surface area contributed by atoms with Crippen molar-refractivity contribution in [3.05, 3.63) is 18.0 Å². The van der Waals surface area contributed by atoms with E-state index in [0.29, 0.717) is 26.1 Å². The Kier molecular flexibility index (Phi) is 3.99. The van der Waals surface area contributed by atoms with Gasteiger partial charge in [0, 0.05) is 37.9 Å². The molecule has 1 aromatic rings. The van der Waals surface area contributed by atoms with E-state index in [1.807, 2.05) is 24.0 Å². The van der Waals surface area contributed by atoms with Gasteiger partial charge in [-0.15, -0.1) is 0 Å². The third-order valence-electron chi connectivity index (χ3n) is 3.74. The first-order valence-corrected chi connectivity index (χ1v) is 6.90. The zero-order chi connectivity index (χ0) is 14.1. The summed E-state index contributed by atoms with van der Waals surface area (Å²) in [5.74, 6) is 0. The molecule has 0 bridgehead atoms. The van der Waals surface area contributed by atoms with Crippen LogP contribution in [-0.4, -0.2) is 39.7 Å². The van der Waals surface area contributed by atoms with Crippen molar-refractivity contribution in [2.75, 3.05) is 13.2 Å². The Morgan fingerprint density at radius 2 is 2.32 bits per heavy atom. The first-order valence-electron chi connectivity index (χ1n) is 6.90. The summed E-state index contributed by atoms with van der Waals surface area (Å²) in [5, 5.41) is 18.0. The van der Waals surface area contributed by atoms with E-state index in [-0.39, 0.29) is 11.6 Å². The van der Waals surface area contributed by atoms with E-state index in [9.17, 15) is 5.11 Å². The molecule has 0 aromatic carbocycles. The summed E-state index contributed by atoms with van der Waals surface area (Å²) in [5.41, 5.74) is 0.398. The molecule has 1 aliphatic rings. The molecule has 0 spiro atoms. The molecule has 1 aromatic heterocycles. The lowest BCUT2D eigenvalue weighted by molar-refractivity contribution is -0.0262. The van der Waals surface area contributed by atoms with Gasteiger partial charge in [-0.3, -0.25) is 4.68 Å². The number of nitrogens with zero attached hydrogens (tertiary/aromatic N) is 2. The van der Waals surface area contributed by atoms with E-state index in [1.165, 1.54) is 0 Å². The van der Waals surface area contributed by atoms with E-state index >= 15 is 0 Å². The second-order valence-electron chi connectivity index (χ2n) is 6.43. The Labute approximate surface area is 115 Å². The summed E-state index contributed by atoms with van der Waals surface area (Å²) in [4.78, 5) is 0. The van der Waals surface area contributed by atoms with Gasteiger partial charge in [0.2, 0.25) is 0 Å². The number of hydrogen-bond donors (Lipinski definition) is 2. The first kappa shape index (κ1) is 14.5. The monoisotopic (exact) mass is 267 g/mol. The van der Waals surface area contributed by atoms with Crippen molar-refractivity contribution in [3.8, 4) is 0 Å². The molecule has 1 fully saturated rings. The smallest absolute Gasteiger partial charge is 0.105 e. The summed E-state index contributed by atoms with van der Waals surface area (Å²) in [6.07, 6.45) is 4.52. The van der Waals surface area contributed by atoms with Crippen molar-refractivity contribution < 1.29 is 9.84 Å². The fraction of sp³-hybridized carbons (Fsp3) is 0.786. The van der Waals surface area contributed by atoms with Crippen molar-refractivity contribution in [1.29, 1.82) is 0 Å². The van der Waals surface area contributed by atoms with Crippen molar-refractivity contribution >= 4 is 0 Å². The van der Waals surface area contributed by atoms with Gasteiger partial charge in [-0.25, -0.2) is 0 Å². The second-order valence-corrected chi connectivity index (χ2v) is 6.43. The Morgan fingerprint density at radius 3 is 2.84 bits per heavy atom. The summed E-state index contributed by atoms with van der Waals surface area (Å²) >= 11 is 0. The molecule has 2 unspecified atom stereocenters. The number of nitrogens with one attached hydrogen (secondary N) is 1. The van der Waals surface area contributed by atoms with Crippen molar-refractivity contribution in [3.63, 3.8) is 0 Å². The number of rotatable bonds is 4. The lowest BCUT2D eigenvalue weighted by Crippen LogP contribution is -2.45. The second kappa shape index (κ2) is 5.23. The summed E-state index contributed by atoms with van der Waals surface area (Å²) < 4.78 is 7.37. The van der Waals surface area contributed by atoms with Gasteiger partial charge < -0.3 is 15.2 Å². The number of ether oxygens (including phenoxy) is 1. The minimum Gasteiger partial charge on any atom is -0.386 e. The van der Waals surface area contributed by atoms with E-state index in [2.05, 4.69) is 31.2 Å². The Morgan fingerprint density at radius 1 is 1.58 bits per heavy atom. The van der Waals surface area contributed by atoms with Gasteiger partial charge >= 0.3 is 0 Å². The fourth-order valence-electron chi connectivity index (χ4n) is 2.24. The number of hydrogen-bond acceptors (Lipinski definition) is 4. The fourth-order valence-corrected chi connectivity index (χ4v) is 2.24. The highest BCUT2D eigenvalue weighted by Gasteiger charge is 2.38. The average Bonchev–Trinajstić information content (AvgIpc) is 2.88. The highest BCUT2D eigenvalue weighted by molar-refractivity contribution is 5.05. The Balaban J connectivity index is 1.85. The van der Waals surface area contributed by atoms with Gasteiger partial charge in [0.15, 0.2) is 0 Å². The average molecular weight is 267 g/mol. The van der Waals surface area contributed by atoms with E-state index in [0.717, 1.165) is 5.56 Å². The van der Waals surface area contributed by atoms with Gasteiger partial charge in [-0.1, -0.05) is 0 Å². The molecule has 19 heavy (non-hydrogen) atoms. The van der Waals surface area contributed by atoms with Gasteiger partial charge in [-0.2, -0.15) is 5.10 Å². The van der Waals surface area contributed by atoms with Crippen LogP contribution < -0.4 is 5.32 Å². The van der Waals surface area contributed by atoms with Crippen LogP contribution in [0.3, 0.4) is 0 Å². The minimum absolute atomic E-state index is 0.00422. The standard InChI is InChI=1S/C14H25N3O2/c1-11-14(18,5-6-19-11)10-15-7-12-8-16-17(9-12)13(2,3)4/h8-9,11,15,18H,5-7,10H2,1-4H3. The maximum Gasteiger partial charge on any atom is 0.105 e. The van der Waals surface area contributed by atoms with Crippen LogP contribution in [0.1, 0.15) is 39.7 Å². The molecule has 5 nitrogen and oxygen atoms in total. The van der Waals surface area contributed by atoms with Crippen molar-refractivity contribution in [2.24, 2.45) is 0 Å². The molecular weight excluding hydrogens is 242 g/mol. The zero-order valence-corrected chi connectivity index (χ0v) is 12.3. The predicted molar refractivity (Wildman–Crippen MR) is 73.9 cm³/mol. The third kappa shape index (κ3) is 3.35. The molecule has 2 N–H and O–H groups in total. The Bertz CT molecular complexity index is 425. The Hall–Kier alpha value is -0.910. The lowest BCUT2D eigenvalue weighted by Gasteiger charge is -2.26. The van der Waals surface area contributed by atoms with Gasteiger partial charge in [0.1, 0.15) is 5.60 Å². The largest absolute Gasteiger partial charge is 0.386 e. The normalized spacial score (nSPS) is 27.9. The van der Waals surface area contributed by atoms with Gasteiger partial charge in [0.25, 0.3) is 0 Å². The van der Waals surface area contributed by atoms with Gasteiger partial charge in [0.05, 0.1) is 17.8 Å². The highest BCUT2D eigenvalue weighted by Crippen LogP contribution is 2.24. The van der Waals surface area contributed by atoms with Crippen LogP contribution in [0.2, 0.25) is 0 Å². The van der Waals surface area contributed by atoms with Crippen LogP contribution in [0.4, 0.5) is 0 Å². The van der Waals surface area contributed by atoms with Crippen LogP contribution in [0.25, 0.3) is 0 Å².